The highest BCUT2D eigenvalue weighted by Gasteiger charge is 2.23. The molecule has 140 heavy (non-hydrogen) atoms. The van der Waals surface area contributed by atoms with Gasteiger partial charge < -0.3 is 0 Å². The minimum Gasteiger partial charge on any atom is -0.289 e. The van der Waals surface area contributed by atoms with Crippen LogP contribution in [0.1, 0.15) is 212 Å². The SMILES string of the molecule is CC(C)(C)c1ccc(-c2nc(-c3ccc(C(C)(C)C)cc3)nc(-c3ccc(-c4ccc(C(=O)c5ccccc5)cc4)nc3)n2)cc1.CCCCCCc1ccc(-c2nc(-c3ccc(CCCCCC)cc3)nc(-c3ccc(-c4ccc(C(=O)c5ccccc5)cc4)nc3)n2)cc1.CCCCc1ccc(-c2nc(-c3ccc(CCCC)cc3)nc(-c3ccc(-c4ccc(-c5ccccc5)cc4)nc3)n2)cc1. The molecular weight excluding hydrogens is 1710 g/mol. The molecule has 0 amide bonds. The number of unbranched alkanes of at least 4 members (excludes halogenated alkanes) is 8. The van der Waals surface area contributed by atoms with E-state index in [1.807, 2.05) is 158 Å². The lowest BCUT2D eigenvalue weighted by Gasteiger charge is -2.19. The molecule has 0 aliphatic carbocycles. The van der Waals surface area contributed by atoms with Gasteiger partial charge in [-0.3, -0.25) is 24.5 Å². The molecule has 0 radical (unpaired) electrons. The number of hydrogen-bond acceptors (Lipinski definition) is 14. The zero-order valence-corrected chi connectivity index (χ0v) is 82.1. The summed E-state index contributed by atoms with van der Waals surface area (Å²) < 4.78 is 0. The molecule has 0 saturated heterocycles. The van der Waals surface area contributed by atoms with Crippen molar-refractivity contribution in [3.63, 3.8) is 0 Å². The van der Waals surface area contributed by atoms with Gasteiger partial charge in [0.2, 0.25) is 0 Å². The fraction of sp³-hybridized carbons (Fsp3) is 0.222. The van der Waals surface area contributed by atoms with Crippen LogP contribution in [0.4, 0.5) is 0 Å². The highest BCUT2D eigenvalue weighted by molar-refractivity contribution is 6.10. The summed E-state index contributed by atoms with van der Waals surface area (Å²) in [4.78, 5) is 84.5. The molecule has 0 N–H and O–H groups in total. The van der Waals surface area contributed by atoms with Crippen LogP contribution >= 0.6 is 0 Å². The standard InChI is InChI=1S/C45H46N4O.C41H38N4O.C40H38N4/c1-3-5-7-10-14-33-18-22-38(23-19-33)43-47-44(39-24-20-34(21-25-39)15-11-8-6-4-2)49-45(48-43)40-30-31-41(46-32-40)35-26-28-37(29-27-35)42(50)36-16-12-9-13-17-36;1-40(2,3)33-21-16-30(17-22-33)37-43-38(31-18-23-34(24-19-31)41(4,5)6)45-39(44-37)32-20-25-35(42-26-32)27-12-14-29(15-13-27)36(46)28-10-8-7-9-11-28;1-3-5-10-29-14-18-34(19-15-29)38-42-39(35-20-16-30(17-21-35)11-6-4-2)44-40(43-38)36-26-27-37(41-28-36)33-24-22-32(23-25-33)31-12-8-7-9-13-31/h9,12-13,16-32H,3-8,10-11,14-15H2,1-2H3;7-26H,1-6H3;7-9,12-28H,3-6,10-11H2,1-2H3. The largest absolute Gasteiger partial charge is 0.289 e. The van der Waals surface area contributed by atoms with Crippen LogP contribution in [0.25, 0.3) is 147 Å². The Bertz CT molecular complexity index is 6840. The Hall–Kier alpha value is -15.5. The van der Waals surface area contributed by atoms with E-state index in [1.54, 1.807) is 6.20 Å². The number of hydrogen-bond donors (Lipinski definition) is 0. The van der Waals surface area contributed by atoms with Crippen LogP contribution in [-0.2, 0) is 36.5 Å². The van der Waals surface area contributed by atoms with Gasteiger partial charge in [0.05, 0.1) is 17.1 Å². The summed E-state index contributed by atoms with van der Waals surface area (Å²) in [7, 11) is 0. The number of aromatic nitrogens is 12. The molecule has 0 atom stereocenters. The minimum atomic E-state index is -0.00186. The van der Waals surface area contributed by atoms with Crippen molar-refractivity contribution in [2.75, 3.05) is 0 Å². The third-order valence-electron chi connectivity index (χ3n) is 25.4. The van der Waals surface area contributed by atoms with Crippen molar-refractivity contribution in [1.82, 2.24) is 59.8 Å². The van der Waals surface area contributed by atoms with E-state index >= 15 is 0 Å². The van der Waals surface area contributed by atoms with E-state index in [0.29, 0.717) is 74.7 Å². The van der Waals surface area contributed by atoms with E-state index < -0.39 is 0 Å². The van der Waals surface area contributed by atoms with Crippen molar-refractivity contribution in [2.45, 2.75) is 183 Å². The average molecular weight is 1840 g/mol. The van der Waals surface area contributed by atoms with Crippen LogP contribution in [-0.4, -0.2) is 71.4 Å². The van der Waals surface area contributed by atoms with Crippen molar-refractivity contribution in [3.05, 3.63) is 420 Å². The van der Waals surface area contributed by atoms with Gasteiger partial charge in [0, 0.05) is 108 Å². The highest BCUT2D eigenvalue weighted by Crippen LogP contribution is 2.36. The lowest BCUT2D eigenvalue weighted by Crippen LogP contribution is -2.10. The lowest BCUT2D eigenvalue weighted by molar-refractivity contribution is 0.103. The Kier molecular flexibility index (Phi) is 32.8. The second-order valence-corrected chi connectivity index (χ2v) is 38.0. The lowest BCUT2D eigenvalue weighted by atomic mass is 9.86. The molecule has 14 heteroatoms. The van der Waals surface area contributed by atoms with Crippen molar-refractivity contribution >= 4 is 11.6 Å². The van der Waals surface area contributed by atoms with Gasteiger partial charge in [-0.15, -0.1) is 0 Å². The second kappa shape index (κ2) is 47.0. The number of pyridine rings is 3. The molecule has 6 heterocycles. The average Bonchev–Trinajstić information content (AvgIpc) is 0.793. The molecule has 0 unspecified atom stereocenters. The predicted molar refractivity (Wildman–Crippen MR) is 574 cm³/mol. The number of carbonyl (C=O) groups is 2. The Morgan fingerprint density at radius 2 is 0.400 bits per heavy atom. The Morgan fingerprint density at radius 1 is 0.193 bits per heavy atom. The van der Waals surface area contributed by atoms with Gasteiger partial charge in [0.25, 0.3) is 0 Å². The molecule has 0 fully saturated rings. The normalized spacial score (nSPS) is 11.3. The Morgan fingerprint density at radius 3 is 0.650 bits per heavy atom. The van der Waals surface area contributed by atoms with Gasteiger partial charge in [-0.05, 0) is 143 Å². The van der Waals surface area contributed by atoms with Crippen molar-refractivity contribution < 1.29 is 9.59 Å². The summed E-state index contributed by atoms with van der Waals surface area (Å²) in [5.41, 5.74) is 26.7. The molecule has 14 nitrogen and oxygen atoms in total. The Balaban J connectivity index is 0.000000152. The maximum absolute atomic E-state index is 12.9. The van der Waals surface area contributed by atoms with Crippen molar-refractivity contribution in [2.24, 2.45) is 0 Å². The van der Waals surface area contributed by atoms with Gasteiger partial charge in [-0.1, -0.05) is 430 Å². The predicted octanol–water partition coefficient (Wildman–Crippen LogP) is 31.5. The van der Waals surface area contributed by atoms with E-state index in [2.05, 4.69) is 269 Å². The third kappa shape index (κ3) is 25.8. The molecule has 0 spiro atoms. The van der Waals surface area contributed by atoms with E-state index in [4.69, 9.17) is 59.8 Å². The summed E-state index contributed by atoms with van der Waals surface area (Å²) in [5, 5.41) is 0. The van der Waals surface area contributed by atoms with Crippen molar-refractivity contribution in [1.29, 1.82) is 0 Å². The molecule has 12 aromatic carbocycles. The van der Waals surface area contributed by atoms with Gasteiger partial charge in [0.1, 0.15) is 0 Å². The quantitative estimate of drug-likeness (QED) is 0.0279. The molecule has 18 aromatic rings. The first-order valence-electron chi connectivity index (χ1n) is 49.6. The zero-order chi connectivity index (χ0) is 97.2. The van der Waals surface area contributed by atoms with Crippen LogP contribution in [0.15, 0.2) is 364 Å². The van der Waals surface area contributed by atoms with E-state index in [-0.39, 0.29) is 22.4 Å². The smallest absolute Gasteiger partial charge is 0.193 e. The molecular formula is C126H122N12O2. The summed E-state index contributed by atoms with van der Waals surface area (Å²) in [6, 6.07) is 116. The zero-order valence-electron chi connectivity index (χ0n) is 82.1. The third-order valence-corrected chi connectivity index (χ3v) is 25.4. The van der Waals surface area contributed by atoms with E-state index in [1.165, 1.54) is 122 Å². The van der Waals surface area contributed by atoms with Crippen molar-refractivity contribution in [3.8, 4) is 147 Å². The minimum absolute atomic E-state index is 0.00186. The molecule has 0 aliphatic heterocycles. The molecule has 0 aliphatic rings. The summed E-state index contributed by atoms with van der Waals surface area (Å²) in [6.45, 7) is 22.2. The first-order chi connectivity index (χ1) is 68.3. The first kappa shape index (κ1) is 97.5. The molecule has 18 rings (SSSR count). The van der Waals surface area contributed by atoms with Crippen LogP contribution in [0, 0.1) is 0 Å². The van der Waals surface area contributed by atoms with E-state index in [0.717, 1.165) is 110 Å². The van der Waals surface area contributed by atoms with Crippen LogP contribution in [0.3, 0.4) is 0 Å². The highest BCUT2D eigenvalue weighted by atomic mass is 16.1. The maximum Gasteiger partial charge on any atom is 0.193 e. The summed E-state index contributed by atoms with van der Waals surface area (Å²) in [6.07, 6.45) is 24.6. The number of ketones is 2. The van der Waals surface area contributed by atoms with Gasteiger partial charge >= 0.3 is 0 Å². The number of benzene rings is 12. The second-order valence-electron chi connectivity index (χ2n) is 38.0. The summed E-state index contributed by atoms with van der Waals surface area (Å²) >= 11 is 0. The van der Waals surface area contributed by atoms with Crippen LogP contribution in [0.2, 0.25) is 0 Å². The Labute approximate surface area is 825 Å². The molecule has 698 valence electrons. The number of aryl methyl sites for hydroxylation is 4. The maximum atomic E-state index is 12.9. The molecule has 0 saturated carbocycles. The fourth-order valence-corrected chi connectivity index (χ4v) is 16.7. The van der Waals surface area contributed by atoms with Crippen LogP contribution in [0.5, 0.6) is 0 Å². The molecule has 0 bridgehead atoms. The number of carbonyl (C=O) groups excluding carboxylic acids is 2. The number of nitrogens with zero attached hydrogens (tertiary/aromatic N) is 12. The van der Waals surface area contributed by atoms with Crippen LogP contribution < -0.4 is 0 Å². The topological polar surface area (TPSA) is 189 Å². The van der Waals surface area contributed by atoms with E-state index in [9.17, 15) is 9.59 Å². The van der Waals surface area contributed by atoms with Gasteiger partial charge in [0.15, 0.2) is 64.0 Å². The number of rotatable bonds is 33. The van der Waals surface area contributed by atoms with Gasteiger partial charge in [-0.2, -0.15) is 0 Å². The first-order valence-corrected chi connectivity index (χ1v) is 49.6. The monoisotopic (exact) mass is 1830 g/mol. The summed E-state index contributed by atoms with van der Waals surface area (Å²) in [5.74, 6) is 5.62. The van der Waals surface area contributed by atoms with Gasteiger partial charge in [-0.25, -0.2) is 44.9 Å². The molecule has 6 aromatic heterocycles. The fourth-order valence-electron chi connectivity index (χ4n) is 16.7.